The predicted molar refractivity (Wildman–Crippen MR) is 98.9 cm³/mol. The summed E-state index contributed by atoms with van der Waals surface area (Å²) < 4.78 is 2.23. The molecule has 0 saturated heterocycles. The molecule has 2 saturated carbocycles. The number of aliphatic imine (C=N–C) groups is 1. The molecule has 3 unspecified atom stereocenters. The first-order valence-electron chi connectivity index (χ1n) is 9.63. The zero-order valence-electron chi connectivity index (χ0n) is 15.5. The molecule has 0 radical (unpaired) electrons. The summed E-state index contributed by atoms with van der Waals surface area (Å²) >= 11 is 0. The quantitative estimate of drug-likeness (QED) is 0.644. The van der Waals surface area contributed by atoms with Gasteiger partial charge in [0.25, 0.3) is 0 Å². The standard InChI is InChI=1S/C19H33N5/c1-14(2)13-24-10-9-21-18(24)12-22-19(20-3)23-17-8-7-15-5-4-6-16(15)11-17/h9-10,14-17H,4-8,11-13H2,1-3H3,(H2,20,22,23). The van der Waals surface area contributed by atoms with Gasteiger partial charge in [-0.05, 0) is 37.0 Å². The van der Waals surface area contributed by atoms with Crippen LogP contribution in [0.5, 0.6) is 0 Å². The van der Waals surface area contributed by atoms with E-state index in [-0.39, 0.29) is 0 Å². The normalized spacial score (nSPS) is 27.3. The molecular formula is C19H33N5. The van der Waals surface area contributed by atoms with E-state index in [2.05, 4.69) is 45.2 Å². The average molecular weight is 332 g/mol. The van der Waals surface area contributed by atoms with Gasteiger partial charge in [0.2, 0.25) is 0 Å². The van der Waals surface area contributed by atoms with Crippen LogP contribution in [0.25, 0.3) is 0 Å². The van der Waals surface area contributed by atoms with Crippen LogP contribution in [-0.4, -0.2) is 28.6 Å². The fourth-order valence-electron chi connectivity index (χ4n) is 4.45. The highest BCUT2D eigenvalue weighted by atomic mass is 15.2. The summed E-state index contributed by atoms with van der Waals surface area (Å²) in [6.07, 6.45) is 12.3. The van der Waals surface area contributed by atoms with Crippen LogP contribution in [0.1, 0.15) is 58.2 Å². The molecule has 3 atom stereocenters. The van der Waals surface area contributed by atoms with Crippen LogP contribution in [0, 0.1) is 17.8 Å². The molecule has 2 aliphatic carbocycles. The summed E-state index contributed by atoms with van der Waals surface area (Å²) in [5.41, 5.74) is 0. The molecular weight excluding hydrogens is 298 g/mol. The average Bonchev–Trinajstić information content (AvgIpc) is 3.19. The van der Waals surface area contributed by atoms with Crippen molar-refractivity contribution in [2.45, 2.75) is 71.5 Å². The number of fused-ring (bicyclic) bond motifs is 1. The number of imidazole rings is 1. The molecule has 24 heavy (non-hydrogen) atoms. The van der Waals surface area contributed by atoms with Crippen LogP contribution >= 0.6 is 0 Å². The lowest BCUT2D eigenvalue weighted by molar-refractivity contribution is 0.239. The van der Waals surface area contributed by atoms with Crippen molar-refractivity contribution in [1.29, 1.82) is 0 Å². The van der Waals surface area contributed by atoms with E-state index in [4.69, 9.17) is 0 Å². The molecule has 1 aromatic heterocycles. The van der Waals surface area contributed by atoms with Gasteiger partial charge in [-0.1, -0.05) is 33.1 Å². The molecule has 3 rings (SSSR count). The van der Waals surface area contributed by atoms with Crippen LogP contribution in [0.4, 0.5) is 0 Å². The fourth-order valence-corrected chi connectivity index (χ4v) is 4.45. The number of rotatable bonds is 5. The van der Waals surface area contributed by atoms with E-state index in [0.29, 0.717) is 12.0 Å². The van der Waals surface area contributed by atoms with Crippen LogP contribution in [0.3, 0.4) is 0 Å². The van der Waals surface area contributed by atoms with Crippen molar-refractivity contribution >= 4 is 5.96 Å². The van der Waals surface area contributed by atoms with Gasteiger partial charge >= 0.3 is 0 Å². The van der Waals surface area contributed by atoms with Crippen LogP contribution in [0.15, 0.2) is 17.4 Å². The third kappa shape index (κ3) is 4.31. The molecule has 5 nitrogen and oxygen atoms in total. The number of hydrogen-bond donors (Lipinski definition) is 2. The number of nitrogens with zero attached hydrogens (tertiary/aromatic N) is 3. The summed E-state index contributed by atoms with van der Waals surface area (Å²) in [5, 5.41) is 7.09. The Labute approximate surface area is 146 Å². The molecule has 0 bridgehead atoms. The van der Waals surface area contributed by atoms with Gasteiger partial charge < -0.3 is 15.2 Å². The fraction of sp³-hybridized carbons (Fsp3) is 0.789. The summed E-state index contributed by atoms with van der Waals surface area (Å²) in [5.74, 6) is 4.56. The van der Waals surface area contributed by atoms with Crippen LogP contribution < -0.4 is 10.6 Å². The second-order valence-corrected chi connectivity index (χ2v) is 7.92. The molecule has 2 N–H and O–H groups in total. The van der Waals surface area contributed by atoms with Gasteiger partial charge in [0.05, 0.1) is 6.54 Å². The van der Waals surface area contributed by atoms with Crippen molar-refractivity contribution in [3.8, 4) is 0 Å². The first kappa shape index (κ1) is 17.3. The van der Waals surface area contributed by atoms with Gasteiger partial charge in [0, 0.05) is 32.0 Å². The maximum absolute atomic E-state index is 4.48. The van der Waals surface area contributed by atoms with Crippen molar-refractivity contribution in [3.05, 3.63) is 18.2 Å². The third-order valence-corrected chi connectivity index (χ3v) is 5.63. The molecule has 2 aliphatic rings. The van der Waals surface area contributed by atoms with Crippen molar-refractivity contribution in [3.63, 3.8) is 0 Å². The Morgan fingerprint density at radius 1 is 1.29 bits per heavy atom. The van der Waals surface area contributed by atoms with Gasteiger partial charge in [-0.15, -0.1) is 0 Å². The molecule has 0 aromatic carbocycles. The minimum atomic E-state index is 0.575. The largest absolute Gasteiger partial charge is 0.354 e. The second kappa shape index (κ2) is 8.04. The summed E-state index contributed by atoms with van der Waals surface area (Å²) in [6, 6.07) is 0.575. The molecule has 1 aromatic rings. The third-order valence-electron chi connectivity index (χ3n) is 5.63. The lowest BCUT2D eigenvalue weighted by atomic mass is 9.79. The minimum absolute atomic E-state index is 0.575. The molecule has 0 aliphatic heterocycles. The number of guanidine groups is 1. The highest BCUT2D eigenvalue weighted by Gasteiger charge is 2.33. The van der Waals surface area contributed by atoms with Gasteiger partial charge in [-0.2, -0.15) is 0 Å². The van der Waals surface area contributed by atoms with E-state index in [0.717, 1.165) is 36.7 Å². The zero-order valence-corrected chi connectivity index (χ0v) is 15.5. The van der Waals surface area contributed by atoms with Crippen LogP contribution in [0.2, 0.25) is 0 Å². The monoisotopic (exact) mass is 331 g/mol. The highest BCUT2D eigenvalue weighted by Crippen LogP contribution is 2.41. The Balaban J connectivity index is 1.49. The van der Waals surface area contributed by atoms with Gasteiger partial charge in [0.1, 0.15) is 5.82 Å². The Hall–Kier alpha value is -1.52. The van der Waals surface area contributed by atoms with E-state index in [9.17, 15) is 0 Å². The number of aromatic nitrogens is 2. The topological polar surface area (TPSA) is 54.2 Å². The van der Waals surface area contributed by atoms with Crippen molar-refractivity contribution in [2.75, 3.05) is 7.05 Å². The first-order valence-corrected chi connectivity index (χ1v) is 9.63. The van der Waals surface area contributed by atoms with E-state index < -0.39 is 0 Å². The molecule has 0 spiro atoms. The number of nitrogens with one attached hydrogen (secondary N) is 2. The molecule has 2 fully saturated rings. The summed E-state index contributed by atoms with van der Waals surface area (Å²) in [6.45, 7) is 6.20. The lowest BCUT2D eigenvalue weighted by Crippen LogP contribution is -2.46. The predicted octanol–water partition coefficient (Wildman–Crippen LogP) is 3.17. The SMILES string of the molecule is CN=C(NCc1nccn1CC(C)C)NC1CCC2CCCC2C1. The molecule has 1 heterocycles. The molecule has 134 valence electrons. The maximum atomic E-state index is 4.48. The van der Waals surface area contributed by atoms with Gasteiger partial charge in [-0.3, -0.25) is 4.99 Å². The number of hydrogen-bond acceptors (Lipinski definition) is 2. The van der Waals surface area contributed by atoms with E-state index >= 15 is 0 Å². The highest BCUT2D eigenvalue weighted by molar-refractivity contribution is 5.79. The second-order valence-electron chi connectivity index (χ2n) is 7.92. The van der Waals surface area contributed by atoms with E-state index in [1.54, 1.807) is 0 Å². The zero-order chi connectivity index (χ0) is 16.9. The van der Waals surface area contributed by atoms with Crippen molar-refractivity contribution < 1.29 is 0 Å². The summed E-state index contributed by atoms with van der Waals surface area (Å²) in [4.78, 5) is 8.90. The van der Waals surface area contributed by atoms with Crippen molar-refractivity contribution in [2.24, 2.45) is 22.7 Å². The first-order chi connectivity index (χ1) is 11.7. The Morgan fingerprint density at radius 3 is 2.92 bits per heavy atom. The van der Waals surface area contributed by atoms with Gasteiger partial charge in [-0.25, -0.2) is 4.98 Å². The van der Waals surface area contributed by atoms with E-state index in [1.165, 1.54) is 38.5 Å². The Kier molecular flexibility index (Phi) is 5.80. The van der Waals surface area contributed by atoms with Gasteiger partial charge in [0.15, 0.2) is 5.96 Å². The smallest absolute Gasteiger partial charge is 0.191 e. The summed E-state index contributed by atoms with van der Waals surface area (Å²) in [7, 11) is 1.86. The lowest BCUT2D eigenvalue weighted by Gasteiger charge is -2.33. The maximum Gasteiger partial charge on any atom is 0.191 e. The molecule has 5 heteroatoms. The Bertz CT molecular complexity index is 548. The molecule has 0 amide bonds. The van der Waals surface area contributed by atoms with Crippen molar-refractivity contribution in [1.82, 2.24) is 20.2 Å². The van der Waals surface area contributed by atoms with E-state index in [1.807, 2.05) is 13.2 Å². The minimum Gasteiger partial charge on any atom is -0.354 e. The Morgan fingerprint density at radius 2 is 2.12 bits per heavy atom. The van der Waals surface area contributed by atoms with Crippen LogP contribution in [-0.2, 0) is 13.1 Å².